The van der Waals surface area contributed by atoms with Crippen molar-refractivity contribution in [2.45, 2.75) is 6.23 Å². The van der Waals surface area contributed by atoms with E-state index in [0.717, 1.165) is 16.6 Å². The highest BCUT2D eigenvalue weighted by atomic mass is 16.4. The second-order valence-corrected chi connectivity index (χ2v) is 4.20. The van der Waals surface area contributed by atoms with Crippen LogP contribution < -0.4 is 10.6 Å². The Hall–Kier alpha value is -2.87. The number of carbonyl (C=O) groups is 1. The molecule has 2 heterocycles. The number of nitrogens with one attached hydrogen (secondary N) is 3. The van der Waals surface area contributed by atoms with Crippen molar-refractivity contribution in [3.05, 3.63) is 36.2 Å². The molecule has 2 aromatic rings. The summed E-state index contributed by atoms with van der Waals surface area (Å²) in [6.45, 7) is 0. The SMILES string of the molecule is O=C(O)C1=CNC(Nc2ccc3[nH]ncc3c2)=NC1O. The number of aliphatic hydroxyl groups is 1. The van der Waals surface area contributed by atoms with E-state index in [1.807, 2.05) is 18.2 Å². The number of aromatic nitrogens is 2. The van der Waals surface area contributed by atoms with E-state index in [9.17, 15) is 9.90 Å². The van der Waals surface area contributed by atoms with Crippen LogP contribution in [0.4, 0.5) is 5.69 Å². The molecule has 8 heteroatoms. The Labute approximate surface area is 112 Å². The van der Waals surface area contributed by atoms with Crippen molar-refractivity contribution in [1.29, 1.82) is 0 Å². The van der Waals surface area contributed by atoms with Crippen molar-refractivity contribution in [1.82, 2.24) is 15.5 Å². The van der Waals surface area contributed by atoms with Gasteiger partial charge in [-0.05, 0) is 18.2 Å². The quantitative estimate of drug-likeness (QED) is 0.533. The van der Waals surface area contributed by atoms with E-state index in [1.165, 1.54) is 6.20 Å². The first-order chi connectivity index (χ1) is 9.63. The third kappa shape index (κ3) is 2.19. The largest absolute Gasteiger partial charge is 0.478 e. The van der Waals surface area contributed by atoms with Crippen molar-refractivity contribution in [3.63, 3.8) is 0 Å². The van der Waals surface area contributed by atoms with Crippen LogP contribution in [0.2, 0.25) is 0 Å². The van der Waals surface area contributed by atoms with Crippen LogP contribution in [0.1, 0.15) is 0 Å². The average molecular weight is 273 g/mol. The zero-order valence-corrected chi connectivity index (χ0v) is 10.2. The zero-order chi connectivity index (χ0) is 14.1. The van der Waals surface area contributed by atoms with Gasteiger partial charge in [0.05, 0.1) is 11.7 Å². The number of carboxylic acid groups (broad SMARTS) is 1. The van der Waals surface area contributed by atoms with Gasteiger partial charge in [0.2, 0.25) is 5.96 Å². The van der Waals surface area contributed by atoms with Crippen LogP contribution >= 0.6 is 0 Å². The fourth-order valence-corrected chi connectivity index (χ4v) is 1.85. The molecule has 5 N–H and O–H groups in total. The average Bonchev–Trinajstić information content (AvgIpc) is 2.85. The summed E-state index contributed by atoms with van der Waals surface area (Å²) in [6.07, 6.45) is 1.50. The molecule has 20 heavy (non-hydrogen) atoms. The minimum Gasteiger partial charge on any atom is -0.478 e. The van der Waals surface area contributed by atoms with Gasteiger partial charge in [0, 0.05) is 17.3 Å². The molecule has 0 amide bonds. The third-order valence-corrected chi connectivity index (χ3v) is 2.84. The van der Waals surface area contributed by atoms with Crippen LogP contribution in [-0.2, 0) is 4.79 Å². The van der Waals surface area contributed by atoms with Gasteiger partial charge in [0.1, 0.15) is 5.57 Å². The molecule has 0 fully saturated rings. The van der Waals surface area contributed by atoms with Crippen LogP contribution in [0, 0.1) is 0 Å². The number of hydrogen-bond donors (Lipinski definition) is 5. The normalized spacial score (nSPS) is 18.1. The minimum absolute atomic E-state index is 0.208. The zero-order valence-electron chi connectivity index (χ0n) is 10.2. The fraction of sp³-hybridized carbons (Fsp3) is 0.0833. The number of fused-ring (bicyclic) bond motifs is 1. The number of benzene rings is 1. The molecule has 8 nitrogen and oxygen atoms in total. The molecule has 1 aliphatic rings. The van der Waals surface area contributed by atoms with Crippen LogP contribution in [0.3, 0.4) is 0 Å². The van der Waals surface area contributed by atoms with Gasteiger partial charge >= 0.3 is 5.97 Å². The smallest absolute Gasteiger partial charge is 0.337 e. The first kappa shape index (κ1) is 12.2. The molecular weight excluding hydrogens is 262 g/mol. The predicted molar refractivity (Wildman–Crippen MR) is 72.0 cm³/mol. The molecule has 1 aromatic carbocycles. The van der Waals surface area contributed by atoms with Crippen LogP contribution in [-0.4, -0.2) is 38.6 Å². The van der Waals surface area contributed by atoms with E-state index < -0.39 is 12.2 Å². The number of aliphatic hydroxyl groups excluding tert-OH is 1. The maximum Gasteiger partial charge on any atom is 0.337 e. The summed E-state index contributed by atoms with van der Waals surface area (Å²) in [5.41, 5.74) is 1.44. The summed E-state index contributed by atoms with van der Waals surface area (Å²) in [4.78, 5) is 14.6. The highest BCUT2D eigenvalue weighted by molar-refractivity contribution is 5.99. The van der Waals surface area contributed by atoms with Gasteiger partial charge in [-0.2, -0.15) is 5.10 Å². The van der Waals surface area contributed by atoms with E-state index in [1.54, 1.807) is 6.20 Å². The topological polar surface area (TPSA) is 123 Å². The molecule has 0 aliphatic carbocycles. The lowest BCUT2D eigenvalue weighted by molar-refractivity contribution is -0.133. The summed E-state index contributed by atoms with van der Waals surface area (Å²) < 4.78 is 0. The van der Waals surface area contributed by atoms with Gasteiger partial charge in [0.15, 0.2) is 6.23 Å². The van der Waals surface area contributed by atoms with Gasteiger partial charge < -0.3 is 20.8 Å². The molecule has 0 saturated carbocycles. The van der Waals surface area contributed by atoms with Gasteiger partial charge in [-0.3, -0.25) is 5.10 Å². The highest BCUT2D eigenvalue weighted by Gasteiger charge is 2.21. The van der Waals surface area contributed by atoms with E-state index in [4.69, 9.17) is 5.11 Å². The number of aliphatic carboxylic acids is 1. The summed E-state index contributed by atoms with van der Waals surface area (Å²) in [5.74, 6) is -0.946. The molecule has 102 valence electrons. The Balaban J connectivity index is 1.78. The molecule has 3 rings (SSSR count). The Kier molecular flexibility index (Phi) is 2.84. The molecule has 0 saturated heterocycles. The number of carboxylic acids is 1. The number of guanidine groups is 1. The number of nitrogens with zero attached hydrogens (tertiary/aromatic N) is 2. The summed E-state index contributed by atoms with van der Waals surface area (Å²) >= 11 is 0. The second-order valence-electron chi connectivity index (χ2n) is 4.20. The lowest BCUT2D eigenvalue weighted by Gasteiger charge is -2.18. The van der Waals surface area contributed by atoms with Gasteiger partial charge in [-0.25, -0.2) is 9.79 Å². The molecule has 0 spiro atoms. The Morgan fingerprint density at radius 2 is 2.25 bits per heavy atom. The van der Waals surface area contributed by atoms with Crippen molar-refractivity contribution in [3.8, 4) is 0 Å². The van der Waals surface area contributed by atoms with Crippen molar-refractivity contribution in [2.24, 2.45) is 4.99 Å². The summed E-state index contributed by atoms with van der Waals surface area (Å²) in [5, 5.41) is 31.7. The Morgan fingerprint density at radius 1 is 1.40 bits per heavy atom. The van der Waals surface area contributed by atoms with Crippen LogP contribution in [0.25, 0.3) is 10.9 Å². The number of anilines is 1. The molecule has 1 aliphatic heterocycles. The van der Waals surface area contributed by atoms with E-state index >= 15 is 0 Å². The molecule has 0 bridgehead atoms. The first-order valence-corrected chi connectivity index (χ1v) is 5.79. The van der Waals surface area contributed by atoms with Gasteiger partial charge in [-0.15, -0.1) is 0 Å². The van der Waals surface area contributed by atoms with Crippen LogP contribution in [0.15, 0.2) is 41.2 Å². The molecular formula is C12H11N5O3. The number of rotatable bonds is 2. The van der Waals surface area contributed by atoms with Gasteiger partial charge in [0.25, 0.3) is 0 Å². The minimum atomic E-state index is -1.39. The molecule has 1 unspecified atom stereocenters. The number of aliphatic imine (C=N–C) groups is 1. The van der Waals surface area contributed by atoms with Crippen molar-refractivity contribution >= 4 is 28.5 Å². The monoisotopic (exact) mass is 273 g/mol. The maximum atomic E-state index is 10.8. The van der Waals surface area contributed by atoms with Crippen molar-refractivity contribution < 1.29 is 15.0 Å². The number of hydrogen-bond acceptors (Lipinski definition) is 6. The Bertz CT molecular complexity index is 734. The summed E-state index contributed by atoms with van der Waals surface area (Å²) in [7, 11) is 0. The lowest BCUT2D eigenvalue weighted by Crippen LogP contribution is -2.35. The fourth-order valence-electron chi connectivity index (χ4n) is 1.85. The standard InChI is InChI=1S/C12H11N5O3/c18-10-8(11(19)20)5-13-12(16-10)15-7-1-2-9-6(3-7)4-14-17-9/h1-5,10,18H,(H,14,17)(H,19,20)(H2,13,15,16). The first-order valence-electron chi connectivity index (χ1n) is 5.79. The predicted octanol–water partition coefficient (Wildman–Crippen LogP) is 0.221. The molecule has 1 aromatic heterocycles. The third-order valence-electron chi connectivity index (χ3n) is 2.84. The number of H-pyrrole nitrogens is 1. The van der Waals surface area contributed by atoms with Crippen molar-refractivity contribution in [2.75, 3.05) is 5.32 Å². The van der Waals surface area contributed by atoms with Crippen LogP contribution in [0.5, 0.6) is 0 Å². The van der Waals surface area contributed by atoms with E-state index in [-0.39, 0.29) is 11.5 Å². The highest BCUT2D eigenvalue weighted by Crippen LogP contribution is 2.17. The summed E-state index contributed by atoms with van der Waals surface area (Å²) in [6, 6.07) is 5.52. The van der Waals surface area contributed by atoms with E-state index in [0.29, 0.717) is 0 Å². The van der Waals surface area contributed by atoms with Gasteiger partial charge in [-0.1, -0.05) is 0 Å². The Morgan fingerprint density at radius 3 is 3.00 bits per heavy atom. The second kappa shape index (κ2) is 4.67. The number of aromatic amines is 1. The molecule has 0 radical (unpaired) electrons. The lowest BCUT2D eigenvalue weighted by atomic mass is 10.2. The van der Waals surface area contributed by atoms with E-state index in [2.05, 4.69) is 25.8 Å². The molecule has 1 atom stereocenters. The maximum absolute atomic E-state index is 10.8.